The number of hydrogen-bond acceptors (Lipinski definition) is 5. The third-order valence-electron chi connectivity index (χ3n) is 2.47. The molecule has 0 spiro atoms. The van der Waals surface area contributed by atoms with Crippen LogP contribution in [0.25, 0.3) is 11.4 Å². The zero-order valence-corrected chi connectivity index (χ0v) is 12.9. The van der Waals surface area contributed by atoms with Crippen LogP contribution in [0.4, 0.5) is 0 Å². The number of aromatic nitrogens is 3. The Morgan fingerprint density at radius 1 is 1.00 bits per heavy atom. The summed E-state index contributed by atoms with van der Waals surface area (Å²) in [5.41, 5.74) is 0.695. The van der Waals surface area contributed by atoms with Gasteiger partial charge < -0.3 is 9.47 Å². The summed E-state index contributed by atoms with van der Waals surface area (Å²) in [6, 6.07) is 5.25. The summed E-state index contributed by atoms with van der Waals surface area (Å²) < 4.78 is 8.68. The Kier molecular flexibility index (Phi) is 4.52. The summed E-state index contributed by atoms with van der Waals surface area (Å²) in [5.74, 6) is 1.59. The van der Waals surface area contributed by atoms with Gasteiger partial charge in [-0.05, 0) is 18.2 Å². The highest BCUT2D eigenvalue weighted by Gasteiger charge is 2.27. The summed E-state index contributed by atoms with van der Waals surface area (Å²) in [5, 5.41) is 0. The molecule has 1 aromatic heterocycles. The average molecular weight is 335 g/mol. The molecule has 1 heterocycles. The van der Waals surface area contributed by atoms with Crippen molar-refractivity contribution in [2.24, 2.45) is 0 Å². The van der Waals surface area contributed by atoms with Crippen molar-refractivity contribution in [2.75, 3.05) is 14.2 Å². The van der Waals surface area contributed by atoms with E-state index in [1.807, 2.05) is 0 Å². The predicted molar refractivity (Wildman–Crippen MR) is 77.6 cm³/mol. The molecular weight excluding hydrogens is 325 g/mol. The largest absolute Gasteiger partial charge is 0.493 e. The minimum Gasteiger partial charge on any atom is -0.493 e. The number of benzene rings is 1. The first-order valence-corrected chi connectivity index (χ1v) is 6.57. The van der Waals surface area contributed by atoms with Gasteiger partial charge in [-0.25, -0.2) is 15.0 Å². The monoisotopic (exact) mass is 333 g/mol. The molecule has 0 aliphatic carbocycles. The highest BCUT2D eigenvalue weighted by Crippen LogP contribution is 2.36. The SMILES string of the molecule is COc1ccc(-c2ncnc(C(Cl)(Cl)Cl)n2)cc1OC. The van der Waals surface area contributed by atoms with Crippen molar-refractivity contribution in [2.45, 2.75) is 3.79 Å². The fraction of sp³-hybridized carbons (Fsp3) is 0.250. The Bertz CT molecular complexity index is 617. The lowest BCUT2D eigenvalue weighted by Gasteiger charge is -2.11. The van der Waals surface area contributed by atoms with E-state index >= 15 is 0 Å². The van der Waals surface area contributed by atoms with E-state index in [9.17, 15) is 0 Å². The maximum absolute atomic E-state index is 5.76. The Morgan fingerprint density at radius 2 is 1.70 bits per heavy atom. The lowest BCUT2D eigenvalue weighted by molar-refractivity contribution is 0.355. The molecule has 0 saturated carbocycles. The Labute approximate surface area is 130 Å². The van der Waals surface area contributed by atoms with E-state index in [0.29, 0.717) is 22.9 Å². The van der Waals surface area contributed by atoms with E-state index in [2.05, 4.69) is 15.0 Å². The number of alkyl halides is 3. The second kappa shape index (κ2) is 5.99. The quantitative estimate of drug-likeness (QED) is 0.805. The molecule has 2 aromatic rings. The van der Waals surface area contributed by atoms with Crippen molar-refractivity contribution in [1.82, 2.24) is 15.0 Å². The maximum atomic E-state index is 5.76. The maximum Gasteiger partial charge on any atom is 0.250 e. The first-order chi connectivity index (χ1) is 9.45. The van der Waals surface area contributed by atoms with Gasteiger partial charge in [-0.15, -0.1) is 0 Å². The number of methoxy groups -OCH3 is 2. The first-order valence-electron chi connectivity index (χ1n) is 5.44. The van der Waals surface area contributed by atoms with Crippen LogP contribution in [0.15, 0.2) is 24.5 Å². The van der Waals surface area contributed by atoms with Crippen LogP contribution < -0.4 is 9.47 Å². The fourth-order valence-corrected chi connectivity index (χ4v) is 1.82. The number of rotatable bonds is 3. The van der Waals surface area contributed by atoms with E-state index in [4.69, 9.17) is 44.3 Å². The van der Waals surface area contributed by atoms with E-state index < -0.39 is 3.79 Å². The van der Waals surface area contributed by atoms with Crippen molar-refractivity contribution in [3.8, 4) is 22.9 Å². The van der Waals surface area contributed by atoms with Crippen molar-refractivity contribution < 1.29 is 9.47 Å². The molecule has 2 rings (SSSR count). The van der Waals surface area contributed by atoms with E-state index in [1.54, 1.807) is 32.4 Å². The fourth-order valence-electron chi connectivity index (χ4n) is 1.55. The van der Waals surface area contributed by atoms with Crippen LogP contribution in [-0.4, -0.2) is 29.2 Å². The van der Waals surface area contributed by atoms with E-state index in [-0.39, 0.29) is 5.82 Å². The van der Waals surface area contributed by atoms with Crippen LogP contribution >= 0.6 is 34.8 Å². The number of ether oxygens (including phenoxy) is 2. The molecule has 0 bridgehead atoms. The van der Waals surface area contributed by atoms with Gasteiger partial charge in [0.15, 0.2) is 23.1 Å². The van der Waals surface area contributed by atoms with Crippen molar-refractivity contribution in [3.05, 3.63) is 30.4 Å². The van der Waals surface area contributed by atoms with Crippen LogP contribution in [0, 0.1) is 0 Å². The molecule has 0 atom stereocenters. The van der Waals surface area contributed by atoms with Gasteiger partial charge in [0.05, 0.1) is 14.2 Å². The summed E-state index contributed by atoms with van der Waals surface area (Å²) >= 11 is 17.3. The molecule has 0 N–H and O–H groups in total. The third kappa shape index (κ3) is 3.23. The molecule has 0 unspecified atom stereocenters. The minimum absolute atomic E-state index is 0.0577. The topological polar surface area (TPSA) is 57.1 Å². The normalized spacial score (nSPS) is 11.2. The molecule has 0 radical (unpaired) electrons. The van der Waals surface area contributed by atoms with Crippen LogP contribution in [0.2, 0.25) is 0 Å². The minimum atomic E-state index is -1.70. The van der Waals surface area contributed by atoms with Crippen LogP contribution in [-0.2, 0) is 3.79 Å². The molecule has 1 aromatic carbocycles. The molecule has 0 fully saturated rings. The zero-order valence-electron chi connectivity index (χ0n) is 10.6. The van der Waals surface area contributed by atoms with Crippen molar-refractivity contribution >= 4 is 34.8 Å². The van der Waals surface area contributed by atoms with E-state index in [0.717, 1.165) is 0 Å². The summed E-state index contributed by atoms with van der Waals surface area (Å²) in [6.45, 7) is 0. The van der Waals surface area contributed by atoms with Crippen molar-refractivity contribution in [1.29, 1.82) is 0 Å². The number of halogens is 3. The third-order valence-corrected chi connectivity index (χ3v) is 2.97. The summed E-state index contributed by atoms with van der Waals surface area (Å²) in [6.07, 6.45) is 1.29. The molecule has 0 saturated heterocycles. The van der Waals surface area contributed by atoms with Gasteiger partial charge in [0.25, 0.3) is 0 Å². The average Bonchev–Trinajstić information content (AvgIpc) is 2.45. The number of hydrogen-bond donors (Lipinski definition) is 0. The molecule has 0 aliphatic rings. The molecule has 8 heteroatoms. The lowest BCUT2D eigenvalue weighted by Crippen LogP contribution is -2.08. The van der Waals surface area contributed by atoms with E-state index in [1.165, 1.54) is 6.33 Å². The molecule has 0 amide bonds. The zero-order chi connectivity index (χ0) is 14.8. The number of nitrogens with zero attached hydrogens (tertiary/aromatic N) is 3. The summed E-state index contributed by atoms with van der Waals surface area (Å²) in [7, 11) is 3.10. The van der Waals surface area contributed by atoms with Gasteiger partial charge >= 0.3 is 0 Å². The second-order valence-electron chi connectivity index (χ2n) is 3.70. The van der Waals surface area contributed by atoms with Crippen LogP contribution in [0.3, 0.4) is 0 Å². The van der Waals surface area contributed by atoms with Gasteiger partial charge in [0, 0.05) is 5.56 Å². The van der Waals surface area contributed by atoms with Gasteiger partial charge in [-0.3, -0.25) is 0 Å². The van der Waals surface area contributed by atoms with Gasteiger partial charge in [-0.1, -0.05) is 34.8 Å². The molecule has 5 nitrogen and oxygen atoms in total. The molecule has 20 heavy (non-hydrogen) atoms. The Morgan fingerprint density at radius 3 is 2.30 bits per heavy atom. The lowest BCUT2D eigenvalue weighted by atomic mass is 10.2. The highest BCUT2D eigenvalue weighted by molar-refractivity contribution is 6.66. The first kappa shape index (κ1) is 15.1. The Balaban J connectivity index is 2.46. The van der Waals surface area contributed by atoms with Crippen molar-refractivity contribution in [3.63, 3.8) is 0 Å². The standard InChI is InChI=1S/C12H10Cl3N3O2/c1-19-8-4-3-7(5-9(8)20-2)10-16-6-17-11(18-10)12(13,14)15/h3-6H,1-2H3. The molecule has 106 valence electrons. The molecule has 0 aliphatic heterocycles. The predicted octanol–water partition coefficient (Wildman–Crippen LogP) is 3.38. The van der Waals surface area contributed by atoms with Gasteiger partial charge in [0.2, 0.25) is 3.79 Å². The smallest absolute Gasteiger partial charge is 0.250 e. The van der Waals surface area contributed by atoms with Crippen LogP contribution in [0.5, 0.6) is 11.5 Å². The second-order valence-corrected chi connectivity index (χ2v) is 5.98. The highest BCUT2D eigenvalue weighted by atomic mass is 35.6. The molecular formula is C12H10Cl3N3O2. The van der Waals surface area contributed by atoms with Crippen LogP contribution in [0.1, 0.15) is 5.82 Å². The summed E-state index contributed by atoms with van der Waals surface area (Å²) in [4.78, 5) is 12.0. The Hall–Kier alpha value is -1.30. The van der Waals surface area contributed by atoms with Gasteiger partial charge in [-0.2, -0.15) is 0 Å². The van der Waals surface area contributed by atoms with Gasteiger partial charge in [0.1, 0.15) is 6.33 Å².